The summed E-state index contributed by atoms with van der Waals surface area (Å²) in [5.41, 5.74) is 1.23. The number of benzene rings is 2. The van der Waals surface area contributed by atoms with Crippen molar-refractivity contribution in [3.8, 4) is 28.7 Å². The van der Waals surface area contributed by atoms with E-state index in [1.807, 2.05) is 6.07 Å². The molecule has 230 valence electrons. The Morgan fingerprint density at radius 2 is 1.50 bits per heavy atom. The van der Waals surface area contributed by atoms with Crippen molar-refractivity contribution in [2.75, 3.05) is 77.5 Å². The summed E-state index contributed by atoms with van der Waals surface area (Å²) in [5.74, 6) is 1.23. The number of likely N-dealkylation sites (N-methyl/N-ethyl adjacent to an activating group) is 1. The first kappa shape index (κ1) is 29.6. The normalized spacial score (nSPS) is 16.3. The molecule has 11 nitrogen and oxygen atoms in total. The fraction of sp³-hybridized carbons (Fsp3) is 0.387. The molecule has 13 heteroatoms. The second-order valence-corrected chi connectivity index (χ2v) is 11.0. The van der Waals surface area contributed by atoms with Gasteiger partial charge in [0.15, 0.2) is 11.6 Å². The molecule has 0 spiro atoms. The number of ether oxygens (including phenoxy) is 1. The molecule has 0 aliphatic carbocycles. The Bertz CT molecular complexity index is 1550. The van der Waals surface area contributed by atoms with E-state index in [1.54, 1.807) is 29.2 Å². The molecule has 0 bridgehead atoms. The maximum atomic E-state index is 13.6. The van der Waals surface area contributed by atoms with Gasteiger partial charge in [0.25, 0.3) is 0 Å². The molecule has 2 aromatic heterocycles. The Hall–Kier alpha value is -4.49. The molecule has 0 saturated carbocycles. The van der Waals surface area contributed by atoms with Gasteiger partial charge in [-0.2, -0.15) is 0 Å². The molecule has 0 radical (unpaired) electrons. The van der Waals surface area contributed by atoms with Crippen LogP contribution in [0.2, 0.25) is 0 Å². The molecule has 4 heterocycles. The van der Waals surface area contributed by atoms with E-state index in [9.17, 15) is 13.6 Å². The third-order valence-electron chi connectivity index (χ3n) is 8.00. The highest BCUT2D eigenvalue weighted by molar-refractivity contribution is 5.77. The molecule has 2 aliphatic rings. The second kappa shape index (κ2) is 13.4. The first-order valence-electron chi connectivity index (χ1n) is 14.8. The number of anilines is 1. The molecule has 2 fully saturated rings. The van der Waals surface area contributed by atoms with E-state index in [2.05, 4.69) is 41.8 Å². The Morgan fingerprint density at radius 1 is 0.841 bits per heavy atom. The number of rotatable bonds is 9. The molecule has 0 unspecified atom stereocenters. The zero-order valence-corrected chi connectivity index (χ0v) is 24.6. The number of aromatic nitrogens is 5. The van der Waals surface area contributed by atoms with E-state index in [4.69, 9.17) is 4.74 Å². The Labute approximate surface area is 254 Å². The van der Waals surface area contributed by atoms with Gasteiger partial charge in [0.1, 0.15) is 36.9 Å². The van der Waals surface area contributed by atoms with Crippen LogP contribution in [0.25, 0.3) is 22.8 Å². The van der Waals surface area contributed by atoms with Crippen LogP contribution >= 0.6 is 0 Å². The smallest absolute Gasteiger partial charge is 0.244 e. The van der Waals surface area contributed by atoms with Crippen LogP contribution in [-0.4, -0.2) is 118 Å². The summed E-state index contributed by atoms with van der Waals surface area (Å²) in [7, 11) is 2.14. The lowest BCUT2D eigenvalue weighted by molar-refractivity contribution is -0.132. The Morgan fingerprint density at radius 3 is 2.18 bits per heavy atom. The van der Waals surface area contributed by atoms with Gasteiger partial charge in [-0.1, -0.05) is 0 Å². The molecule has 6 rings (SSSR count). The molecule has 0 atom stereocenters. The molecule has 4 aromatic rings. The lowest BCUT2D eigenvalue weighted by Gasteiger charge is -2.35. The van der Waals surface area contributed by atoms with E-state index in [-0.39, 0.29) is 24.1 Å². The number of piperazine rings is 2. The average Bonchev–Trinajstić information content (AvgIpc) is 3.46. The van der Waals surface area contributed by atoms with Crippen molar-refractivity contribution in [3.63, 3.8) is 0 Å². The van der Waals surface area contributed by atoms with Crippen LogP contribution in [-0.2, 0) is 11.3 Å². The molecular formula is C31H35F2N9O2. The molecule has 2 saturated heterocycles. The van der Waals surface area contributed by atoms with Gasteiger partial charge in [0.2, 0.25) is 11.8 Å². The summed E-state index contributed by atoms with van der Waals surface area (Å²) in [6, 6.07) is 13.6. The van der Waals surface area contributed by atoms with Crippen LogP contribution in [0.15, 0.2) is 60.9 Å². The average molecular weight is 604 g/mol. The van der Waals surface area contributed by atoms with Gasteiger partial charge in [-0.15, -0.1) is 5.10 Å². The monoisotopic (exact) mass is 603 g/mol. The lowest BCUT2D eigenvalue weighted by atomic mass is 10.2. The van der Waals surface area contributed by atoms with E-state index in [0.29, 0.717) is 61.4 Å². The number of amides is 1. The van der Waals surface area contributed by atoms with Crippen LogP contribution in [0, 0.1) is 11.6 Å². The van der Waals surface area contributed by atoms with Gasteiger partial charge in [-0.25, -0.2) is 28.4 Å². The standard InChI is InChI=1S/C31H35F2N9O2/c1-38-10-12-39(13-11-38)18-19-44-28-20-27(34-22-35-28)40-14-16-41(17-15-40)29(43)21-42-31(24-4-8-26(33)9-5-24)36-30(37-42)23-2-6-25(32)7-3-23/h2-9,20,22H,10-19,21H2,1H3. The van der Waals surface area contributed by atoms with Gasteiger partial charge < -0.3 is 19.4 Å². The number of hydrogen-bond acceptors (Lipinski definition) is 9. The van der Waals surface area contributed by atoms with Crippen LogP contribution < -0.4 is 9.64 Å². The lowest BCUT2D eigenvalue weighted by Crippen LogP contribution is -2.50. The van der Waals surface area contributed by atoms with Crippen molar-refractivity contribution in [1.29, 1.82) is 0 Å². The van der Waals surface area contributed by atoms with Crippen LogP contribution in [0.4, 0.5) is 14.6 Å². The van der Waals surface area contributed by atoms with Crippen molar-refractivity contribution in [2.24, 2.45) is 0 Å². The quantitative estimate of drug-likeness (QED) is 0.286. The van der Waals surface area contributed by atoms with E-state index in [1.165, 1.54) is 35.3 Å². The molecule has 1 amide bonds. The molecule has 2 aromatic carbocycles. The zero-order chi connectivity index (χ0) is 30.5. The first-order valence-corrected chi connectivity index (χ1v) is 14.8. The topological polar surface area (TPSA) is 95.8 Å². The predicted octanol–water partition coefficient (Wildman–Crippen LogP) is 2.66. The van der Waals surface area contributed by atoms with Crippen LogP contribution in [0.5, 0.6) is 5.88 Å². The molecular weight excluding hydrogens is 568 g/mol. The maximum Gasteiger partial charge on any atom is 0.244 e. The van der Waals surface area contributed by atoms with E-state index in [0.717, 1.165) is 38.5 Å². The van der Waals surface area contributed by atoms with E-state index >= 15 is 0 Å². The van der Waals surface area contributed by atoms with Crippen molar-refractivity contribution < 1.29 is 18.3 Å². The highest BCUT2D eigenvalue weighted by atomic mass is 19.1. The van der Waals surface area contributed by atoms with Crippen molar-refractivity contribution >= 4 is 11.7 Å². The summed E-state index contributed by atoms with van der Waals surface area (Å²) < 4.78 is 34.6. The summed E-state index contributed by atoms with van der Waals surface area (Å²) in [4.78, 5) is 35.4. The number of hydrogen-bond donors (Lipinski definition) is 0. The largest absolute Gasteiger partial charge is 0.476 e. The second-order valence-electron chi connectivity index (χ2n) is 11.0. The first-order chi connectivity index (χ1) is 21.4. The van der Waals surface area contributed by atoms with Crippen LogP contribution in [0.1, 0.15) is 0 Å². The van der Waals surface area contributed by atoms with Gasteiger partial charge >= 0.3 is 0 Å². The van der Waals surface area contributed by atoms with Gasteiger partial charge in [0, 0.05) is 76.1 Å². The summed E-state index contributed by atoms with van der Waals surface area (Å²) in [6.45, 7) is 7.81. The molecule has 0 N–H and O–H groups in total. The van der Waals surface area contributed by atoms with Crippen molar-refractivity contribution in [2.45, 2.75) is 6.54 Å². The highest BCUT2D eigenvalue weighted by Crippen LogP contribution is 2.24. The van der Waals surface area contributed by atoms with Crippen LogP contribution in [0.3, 0.4) is 0 Å². The summed E-state index contributed by atoms with van der Waals surface area (Å²) in [5, 5.41) is 4.57. The molecule has 44 heavy (non-hydrogen) atoms. The van der Waals surface area contributed by atoms with Gasteiger partial charge in [0.05, 0.1) is 0 Å². The minimum atomic E-state index is -0.374. The van der Waals surface area contributed by atoms with E-state index < -0.39 is 0 Å². The van der Waals surface area contributed by atoms with Gasteiger partial charge in [-0.05, 0) is 55.6 Å². The predicted molar refractivity (Wildman–Crippen MR) is 161 cm³/mol. The minimum absolute atomic E-state index is 0.0420. The van der Waals surface area contributed by atoms with Gasteiger partial charge in [-0.3, -0.25) is 9.69 Å². The number of nitrogens with zero attached hydrogens (tertiary/aromatic N) is 9. The summed E-state index contributed by atoms with van der Waals surface area (Å²) >= 11 is 0. The maximum absolute atomic E-state index is 13.6. The zero-order valence-electron chi connectivity index (χ0n) is 24.6. The van der Waals surface area contributed by atoms with Crippen molar-refractivity contribution in [3.05, 3.63) is 72.6 Å². The molecule has 2 aliphatic heterocycles. The third kappa shape index (κ3) is 7.17. The fourth-order valence-corrected chi connectivity index (χ4v) is 5.33. The summed E-state index contributed by atoms with van der Waals surface area (Å²) in [6.07, 6.45) is 1.51. The number of carbonyl (C=O) groups is 1. The fourth-order valence-electron chi connectivity index (χ4n) is 5.33. The number of halogens is 2. The Kier molecular flexibility index (Phi) is 9.03. The SMILES string of the molecule is CN1CCN(CCOc2cc(N3CCN(C(=O)Cn4nc(-c5ccc(F)cc5)nc4-c4ccc(F)cc4)CC3)ncn2)CC1. The highest BCUT2D eigenvalue weighted by Gasteiger charge is 2.25. The van der Waals surface area contributed by atoms with Crippen molar-refractivity contribution in [1.82, 2.24) is 39.4 Å². The Balaban J connectivity index is 1.07. The third-order valence-corrected chi connectivity index (χ3v) is 8.00. The number of carbonyl (C=O) groups excluding carboxylic acids is 1. The minimum Gasteiger partial charge on any atom is -0.476 e.